The molecule has 4 heteroatoms. The van der Waals surface area contributed by atoms with Crippen molar-refractivity contribution in [1.82, 2.24) is 4.98 Å². The van der Waals surface area contributed by atoms with Gasteiger partial charge in [-0.05, 0) is 25.5 Å². The van der Waals surface area contributed by atoms with Gasteiger partial charge in [-0.25, -0.2) is 4.99 Å². The molecular formula is C14H14ClN3. The molecule has 92 valence electrons. The van der Waals surface area contributed by atoms with E-state index in [0.29, 0.717) is 11.6 Å². The molecule has 0 saturated carbocycles. The lowest BCUT2D eigenvalue weighted by Crippen LogP contribution is -1.91. The number of pyridine rings is 1. The van der Waals surface area contributed by atoms with Crippen molar-refractivity contribution in [2.45, 2.75) is 19.8 Å². The fraction of sp³-hybridized carbons (Fsp3) is 0.214. The van der Waals surface area contributed by atoms with E-state index in [1.807, 2.05) is 25.1 Å². The molecule has 3 nitrogen and oxygen atoms in total. The van der Waals surface area contributed by atoms with E-state index in [-0.39, 0.29) is 0 Å². The van der Waals surface area contributed by atoms with Crippen molar-refractivity contribution in [3.05, 3.63) is 47.9 Å². The zero-order valence-corrected chi connectivity index (χ0v) is 10.9. The number of halogens is 1. The van der Waals surface area contributed by atoms with E-state index in [1.54, 1.807) is 18.6 Å². The summed E-state index contributed by atoms with van der Waals surface area (Å²) in [7, 11) is 0. The number of hydrogen-bond acceptors (Lipinski definition) is 3. The van der Waals surface area contributed by atoms with Crippen molar-refractivity contribution in [2.24, 2.45) is 9.98 Å². The molecule has 0 spiro atoms. The monoisotopic (exact) mass is 259 g/mol. The number of aliphatic imine (C=N–C) groups is 2. The Hall–Kier alpha value is -1.74. The third kappa shape index (κ3) is 3.64. The number of nitrogens with zero attached hydrogens (tertiary/aromatic N) is 3. The summed E-state index contributed by atoms with van der Waals surface area (Å²) in [6.45, 7) is 1.97. The maximum Gasteiger partial charge on any atom is 0.111 e. The molecule has 0 unspecified atom stereocenters. The number of rotatable bonds is 1. The lowest BCUT2D eigenvalue weighted by Gasteiger charge is -2.03. The largest absolute Gasteiger partial charge is 0.262 e. The first-order valence-corrected chi connectivity index (χ1v) is 6.16. The topological polar surface area (TPSA) is 37.6 Å². The summed E-state index contributed by atoms with van der Waals surface area (Å²) in [6.07, 6.45) is 10.7. The molecule has 1 aliphatic rings. The van der Waals surface area contributed by atoms with Gasteiger partial charge in [0.15, 0.2) is 0 Å². The number of aromatic nitrogens is 1. The number of hydrogen-bond donors (Lipinski definition) is 0. The molecule has 0 fully saturated rings. The maximum atomic E-state index is 5.92. The van der Waals surface area contributed by atoms with Crippen LogP contribution in [0.2, 0.25) is 0 Å². The summed E-state index contributed by atoms with van der Waals surface area (Å²) in [4.78, 5) is 12.7. The summed E-state index contributed by atoms with van der Waals surface area (Å²) in [6, 6.07) is 3.98. The third-order valence-corrected chi connectivity index (χ3v) is 2.70. The molecule has 1 aliphatic heterocycles. The van der Waals surface area contributed by atoms with Crippen molar-refractivity contribution in [3.63, 3.8) is 0 Å². The van der Waals surface area contributed by atoms with Crippen LogP contribution in [0.5, 0.6) is 0 Å². The van der Waals surface area contributed by atoms with Gasteiger partial charge in [0.05, 0.1) is 5.70 Å². The molecule has 0 aliphatic carbocycles. The Morgan fingerprint density at radius 3 is 3.06 bits per heavy atom. The van der Waals surface area contributed by atoms with Gasteiger partial charge in [0.25, 0.3) is 0 Å². The molecule has 18 heavy (non-hydrogen) atoms. The molecular weight excluding hydrogens is 246 g/mol. The van der Waals surface area contributed by atoms with Crippen molar-refractivity contribution in [1.29, 1.82) is 0 Å². The zero-order valence-electron chi connectivity index (χ0n) is 10.2. The highest BCUT2D eigenvalue weighted by atomic mass is 35.5. The minimum absolute atomic E-state index is 0.544. The van der Waals surface area contributed by atoms with E-state index >= 15 is 0 Å². The highest BCUT2D eigenvalue weighted by Crippen LogP contribution is 2.17. The van der Waals surface area contributed by atoms with Crippen LogP contribution in [0.3, 0.4) is 0 Å². The van der Waals surface area contributed by atoms with Crippen LogP contribution in [0.1, 0.15) is 24.1 Å². The fourth-order valence-corrected chi connectivity index (χ4v) is 1.72. The molecule has 0 bridgehead atoms. The lowest BCUT2D eigenvalue weighted by molar-refractivity contribution is 1.19. The van der Waals surface area contributed by atoms with Gasteiger partial charge in [-0.2, -0.15) is 0 Å². The van der Waals surface area contributed by atoms with Gasteiger partial charge in [-0.1, -0.05) is 23.8 Å². The average molecular weight is 260 g/mol. The minimum atomic E-state index is 0.544. The highest BCUT2D eigenvalue weighted by Gasteiger charge is 2.00. The van der Waals surface area contributed by atoms with Gasteiger partial charge in [-0.15, -0.1) is 0 Å². The Kier molecular flexibility index (Phi) is 4.42. The molecule has 0 atom stereocenters. The van der Waals surface area contributed by atoms with Crippen LogP contribution in [-0.2, 0) is 0 Å². The van der Waals surface area contributed by atoms with E-state index in [2.05, 4.69) is 21.0 Å². The van der Waals surface area contributed by atoms with Crippen LogP contribution >= 0.6 is 11.6 Å². The summed E-state index contributed by atoms with van der Waals surface area (Å²) < 4.78 is 0. The van der Waals surface area contributed by atoms with Crippen molar-refractivity contribution < 1.29 is 0 Å². The number of allylic oxidation sites excluding steroid dienone is 2. The first kappa shape index (κ1) is 12.7. The molecule has 0 aromatic carbocycles. The molecule has 2 heterocycles. The predicted octanol–water partition coefficient (Wildman–Crippen LogP) is 3.75. The Balaban J connectivity index is 2.28. The van der Waals surface area contributed by atoms with Gasteiger partial charge in [0.2, 0.25) is 0 Å². The SMILES string of the molecule is Cc1cc(C2=C/C/C=C\N=C(\Cl)C/C=N\2)ccn1. The Labute approximate surface area is 112 Å². The van der Waals surface area contributed by atoms with Crippen LogP contribution < -0.4 is 0 Å². The molecule has 1 aromatic rings. The predicted molar refractivity (Wildman–Crippen MR) is 77.1 cm³/mol. The smallest absolute Gasteiger partial charge is 0.111 e. The summed E-state index contributed by atoms with van der Waals surface area (Å²) in [5.41, 5.74) is 2.99. The van der Waals surface area contributed by atoms with Crippen LogP contribution in [0.25, 0.3) is 5.70 Å². The fourth-order valence-electron chi connectivity index (χ4n) is 1.60. The van der Waals surface area contributed by atoms with Gasteiger partial charge in [0, 0.05) is 36.3 Å². The van der Waals surface area contributed by atoms with Crippen molar-refractivity contribution in [2.75, 3.05) is 0 Å². The summed E-state index contributed by atoms with van der Waals surface area (Å²) in [5, 5.41) is 0.544. The molecule has 0 radical (unpaired) electrons. The minimum Gasteiger partial charge on any atom is -0.262 e. The summed E-state index contributed by atoms with van der Waals surface area (Å²) in [5.74, 6) is 0. The average Bonchev–Trinajstić information content (AvgIpc) is 2.37. The molecule has 2 rings (SSSR count). The van der Waals surface area contributed by atoms with Gasteiger partial charge in [0.1, 0.15) is 5.17 Å². The zero-order chi connectivity index (χ0) is 12.8. The van der Waals surface area contributed by atoms with Gasteiger partial charge < -0.3 is 0 Å². The molecule has 0 amide bonds. The molecule has 1 aromatic heterocycles. The summed E-state index contributed by atoms with van der Waals surface area (Å²) >= 11 is 5.92. The van der Waals surface area contributed by atoms with Gasteiger partial charge in [-0.3, -0.25) is 9.98 Å². The van der Waals surface area contributed by atoms with E-state index in [4.69, 9.17) is 11.6 Å². The first-order chi connectivity index (χ1) is 8.75. The van der Waals surface area contributed by atoms with E-state index in [1.165, 1.54) is 0 Å². The van der Waals surface area contributed by atoms with E-state index in [9.17, 15) is 0 Å². The normalized spacial score (nSPS) is 25.4. The van der Waals surface area contributed by atoms with Crippen molar-refractivity contribution >= 4 is 28.7 Å². The second-order valence-electron chi connectivity index (χ2n) is 3.92. The third-order valence-electron chi connectivity index (χ3n) is 2.45. The molecule has 0 N–H and O–H groups in total. The van der Waals surface area contributed by atoms with Crippen LogP contribution in [-0.4, -0.2) is 16.4 Å². The second kappa shape index (κ2) is 6.26. The molecule has 0 saturated heterocycles. The highest BCUT2D eigenvalue weighted by molar-refractivity contribution is 6.66. The first-order valence-electron chi connectivity index (χ1n) is 5.78. The van der Waals surface area contributed by atoms with Crippen LogP contribution in [0, 0.1) is 6.92 Å². The maximum absolute atomic E-state index is 5.92. The van der Waals surface area contributed by atoms with Crippen LogP contribution in [0.4, 0.5) is 0 Å². The van der Waals surface area contributed by atoms with Crippen LogP contribution in [0.15, 0.2) is 46.7 Å². The Morgan fingerprint density at radius 1 is 1.33 bits per heavy atom. The van der Waals surface area contributed by atoms with Crippen molar-refractivity contribution in [3.8, 4) is 0 Å². The second-order valence-corrected chi connectivity index (χ2v) is 4.35. The van der Waals surface area contributed by atoms with E-state index in [0.717, 1.165) is 23.4 Å². The standard InChI is InChI=1S/C14H14ClN3/c1-11-10-12(5-8-16-11)13-4-2-3-7-18-14(15)6-9-17-13/h3-5,7-10H,2,6H2,1H3/b7-3-,13-4-,17-9-,18-14+. The Morgan fingerprint density at radius 2 is 2.22 bits per heavy atom. The lowest BCUT2D eigenvalue weighted by atomic mass is 10.1. The van der Waals surface area contributed by atoms with Gasteiger partial charge >= 0.3 is 0 Å². The Bertz CT molecular complexity index is 542. The number of aryl methyl sites for hydroxylation is 1. The van der Waals surface area contributed by atoms with E-state index < -0.39 is 0 Å². The quantitative estimate of drug-likeness (QED) is 0.757.